The van der Waals surface area contributed by atoms with E-state index in [-0.39, 0.29) is 6.04 Å². The van der Waals surface area contributed by atoms with Crippen LogP contribution in [0.1, 0.15) is 38.9 Å². The molecule has 0 spiro atoms. The van der Waals surface area contributed by atoms with Crippen LogP contribution in [0.5, 0.6) is 0 Å². The highest BCUT2D eigenvalue weighted by molar-refractivity contribution is 7.13. The first kappa shape index (κ1) is 13.9. The van der Waals surface area contributed by atoms with Crippen molar-refractivity contribution in [2.75, 3.05) is 18.5 Å². The topological polar surface area (TPSA) is 63.2 Å². The maximum Gasteiger partial charge on any atom is 0.413 e. The fourth-order valence-corrected chi connectivity index (χ4v) is 2.05. The summed E-state index contributed by atoms with van der Waals surface area (Å²) in [6, 6.07) is 0.198. The van der Waals surface area contributed by atoms with Gasteiger partial charge in [0, 0.05) is 11.4 Å². The second kappa shape index (κ2) is 7.24. The van der Waals surface area contributed by atoms with Gasteiger partial charge in [-0.2, -0.15) is 0 Å². The number of aromatic nitrogens is 1. The fourth-order valence-electron chi connectivity index (χ4n) is 1.26. The third-order valence-corrected chi connectivity index (χ3v) is 2.93. The van der Waals surface area contributed by atoms with Crippen LogP contribution in [0.3, 0.4) is 0 Å². The van der Waals surface area contributed by atoms with Gasteiger partial charge in [-0.05, 0) is 26.8 Å². The van der Waals surface area contributed by atoms with Crippen molar-refractivity contribution in [1.29, 1.82) is 0 Å². The molecule has 1 aromatic rings. The molecular weight excluding hydrogens is 238 g/mol. The molecule has 5 nitrogen and oxygen atoms in total. The predicted octanol–water partition coefficient (Wildman–Crippen LogP) is 2.77. The Morgan fingerprint density at radius 2 is 2.35 bits per heavy atom. The number of ether oxygens (including phenoxy) is 1. The normalized spacial score (nSPS) is 12.2. The third-order valence-electron chi connectivity index (χ3n) is 2.15. The molecule has 17 heavy (non-hydrogen) atoms. The molecule has 0 aliphatic rings. The molecule has 1 unspecified atom stereocenters. The van der Waals surface area contributed by atoms with Crippen LogP contribution in [-0.2, 0) is 4.74 Å². The number of hydrogen-bond acceptors (Lipinski definition) is 5. The lowest BCUT2D eigenvalue weighted by molar-refractivity contribution is 0.168. The molecule has 0 aliphatic heterocycles. The fraction of sp³-hybridized carbons (Fsp3) is 0.636. The first-order chi connectivity index (χ1) is 8.17. The van der Waals surface area contributed by atoms with Gasteiger partial charge in [0.2, 0.25) is 0 Å². The van der Waals surface area contributed by atoms with Crippen molar-refractivity contribution in [2.45, 2.75) is 33.2 Å². The Bertz CT molecular complexity index is 354. The molecule has 0 aromatic carbocycles. The Morgan fingerprint density at radius 3 is 3.00 bits per heavy atom. The predicted molar refractivity (Wildman–Crippen MR) is 69.5 cm³/mol. The third kappa shape index (κ3) is 4.70. The Balaban J connectivity index is 2.49. The highest BCUT2D eigenvalue weighted by atomic mass is 32.1. The largest absolute Gasteiger partial charge is 0.450 e. The van der Waals surface area contributed by atoms with E-state index in [9.17, 15) is 4.79 Å². The van der Waals surface area contributed by atoms with E-state index in [0.717, 1.165) is 18.7 Å². The molecule has 0 saturated carbocycles. The lowest BCUT2D eigenvalue weighted by Crippen LogP contribution is -2.19. The van der Waals surface area contributed by atoms with Crippen LogP contribution in [0, 0.1) is 0 Å². The minimum atomic E-state index is -0.456. The van der Waals surface area contributed by atoms with Crippen molar-refractivity contribution >= 4 is 22.6 Å². The van der Waals surface area contributed by atoms with Gasteiger partial charge in [-0.25, -0.2) is 9.78 Å². The van der Waals surface area contributed by atoms with E-state index in [1.807, 2.05) is 5.38 Å². The first-order valence-electron chi connectivity index (χ1n) is 5.80. The molecule has 6 heteroatoms. The number of carbonyl (C=O) groups is 1. The van der Waals surface area contributed by atoms with Crippen molar-refractivity contribution in [1.82, 2.24) is 10.3 Å². The average molecular weight is 257 g/mol. The van der Waals surface area contributed by atoms with Gasteiger partial charge in [-0.3, -0.25) is 5.32 Å². The van der Waals surface area contributed by atoms with E-state index in [2.05, 4.69) is 29.5 Å². The molecule has 0 bridgehead atoms. The number of nitrogens with one attached hydrogen (secondary N) is 2. The van der Waals surface area contributed by atoms with E-state index in [1.54, 1.807) is 6.92 Å². The minimum Gasteiger partial charge on any atom is -0.450 e. The lowest BCUT2D eigenvalue weighted by atomic mass is 10.2. The lowest BCUT2D eigenvalue weighted by Gasteiger charge is -2.09. The molecule has 1 heterocycles. The molecule has 0 aliphatic carbocycles. The summed E-state index contributed by atoms with van der Waals surface area (Å²) in [4.78, 5) is 15.5. The maximum absolute atomic E-state index is 11.2. The molecule has 0 radical (unpaired) electrons. The molecule has 0 saturated heterocycles. The molecule has 1 aromatic heterocycles. The summed E-state index contributed by atoms with van der Waals surface area (Å²) in [5.74, 6) is 0. The van der Waals surface area contributed by atoms with Gasteiger partial charge in [-0.15, -0.1) is 11.3 Å². The molecule has 1 amide bonds. The summed E-state index contributed by atoms with van der Waals surface area (Å²) in [6.07, 6.45) is 0.630. The van der Waals surface area contributed by atoms with Gasteiger partial charge < -0.3 is 10.1 Å². The number of anilines is 1. The van der Waals surface area contributed by atoms with E-state index in [1.165, 1.54) is 11.3 Å². The van der Waals surface area contributed by atoms with E-state index in [0.29, 0.717) is 11.7 Å². The van der Waals surface area contributed by atoms with E-state index < -0.39 is 6.09 Å². The number of hydrogen-bond donors (Lipinski definition) is 2. The van der Waals surface area contributed by atoms with Gasteiger partial charge in [0.05, 0.1) is 12.3 Å². The zero-order chi connectivity index (χ0) is 12.7. The van der Waals surface area contributed by atoms with Crippen LogP contribution in [0.15, 0.2) is 5.38 Å². The van der Waals surface area contributed by atoms with Crippen molar-refractivity contribution in [3.63, 3.8) is 0 Å². The van der Waals surface area contributed by atoms with Crippen LogP contribution in [0.4, 0.5) is 9.93 Å². The summed E-state index contributed by atoms with van der Waals surface area (Å²) in [5, 5.41) is 8.45. The first-order valence-corrected chi connectivity index (χ1v) is 6.67. The zero-order valence-electron chi connectivity index (χ0n) is 10.4. The average Bonchev–Trinajstić information content (AvgIpc) is 2.74. The van der Waals surface area contributed by atoms with Crippen molar-refractivity contribution in [3.8, 4) is 0 Å². The number of thiazole rings is 1. The summed E-state index contributed by atoms with van der Waals surface area (Å²) in [6.45, 7) is 7.26. The molecular formula is C11H19N3O2S. The van der Waals surface area contributed by atoms with Gasteiger partial charge >= 0.3 is 6.09 Å². The van der Waals surface area contributed by atoms with E-state index >= 15 is 0 Å². The smallest absolute Gasteiger partial charge is 0.413 e. The van der Waals surface area contributed by atoms with E-state index in [4.69, 9.17) is 4.74 Å². The Labute approximate surface area is 106 Å². The Kier molecular flexibility index (Phi) is 5.93. The molecule has 96 valence electrons. The maximum atomic E-state index is 11.2. The van der Waals surface area contributed by atoms with Crippen LogP contribution in [-0.4, -0.2) is 24.2 Å². The standard InChI is InChI=1S/C11H19N3O2S/c1-4-6-12-8(3)9-7-17-10(13-9)14-11(15)16-5-2/h7-8,12H,4-6H2,1-3H3,(H,13,14,15). The summed E-state index contributed by atoms with van der Waals surface area (Å²) < 4.78 is 4.78. The quantitative estimate of drug-likeness (QED) is 0.822. The Hall–Kier alpha value is -1.14. The number of carbonyl (C=O) groups excluding carboxylic acids is 1. The van der Waals surface area contributed by atoms with Gasteiger partial charge in [0.1, 0.15) is 0 Å². The Morgan fingerprint density at radius 1 is 1.59 bits per heavy atom. The van der Waals surface area contributed by atoms with Crippen molar-refractivity contribution in [2.24, 2.45) is 0 Å². The van der Waals surface area contributed by atoms with Crippen molar-refractivity contribution in [3.05, 3.63) is 11.1 Å². The molecule has 1 rings (SSSR count). The van der Waals surface area contributed by atoms with Gasteiger partial charge in [0.25, 0.3) is 0 Å². The highest BCUT2D eigenvalue weighted by Gasteiger charge is 2.11. The monoisotopic (exact) mass is 257 g/mol. The van der Waals surface area contributed by atoms with Crippen LogP contribution in [0.2, 0.25) is 0 Å². The van der Waals surface area contributed by atoms with Crippen LogP contribution >= 0.6 is 11.3 Å². The molecule has 1 atom stereocenters. The van der Waals surface area contributed by atoms with Crippen LogP contribution < -0.4 is 10.6 Å². The summed E-state index contributed by atoms with van der Waals surface area (Å²) in [5.41, 5.74) is 0.940. The van der Waals surface area contributed by atoms with Gasteiger partial charge in [-0.1, -0.05) is 6.92 Å². The number of rotatable bonds is 6. The minimum absolute atomic E-state index is 0.198. The summed E-state index contributed by atoms with van der Waals surface area (Å²) >= 11 is 1.40. The molecule has 2 N–H and O–H groups in total. The number of amides is 1. The second-order valence-corrected chi connectivity index (χ2v) is 4.46. The zero-order valence-corrected chi connectivity index (χ0v) is 11.3. The highest BCUT2D eigenvalue weighted by Crippen LogP contribution is 2.20. The SMILES string of the molecule is CCCNC(C)c1csc(NC(=O)OCC)n1. The summed E-state index contributed by atoms with van der Waals surface area (Å²) in [7, 11) is 0. The molecule has 0 fully saturated rings. The van der Waals surface area contributed by atoms with Gasteiger partial charge in [0.15, 0.2) is 5.13 Å². The van der Waals surface area contributed by atoms with Crippen LogP contribution in [0.25, 0.3) is 0 Å². The second-order valence-electron chi connectivity index (χ2n) is 3.60. The van der Waals surface area contributed by atoms with Crippen molar-refractivity contribution < 1.29 is 9.53 Å². The number of nitrogens with zero attached hydrogens (tertiary/aromatic N) is 1.